The number of hydrogen-bond donors (Lipinski definition) is 4. The third-order valence-corrected chi connectivity index (χ3v) is 3.28. The van der Waals surface area contributed by atoms with Gasteiger partial charge in [0, 0.05) is 23.2 Å². The highest BCUT2D eigenvalue weighted by Crippen LogP contribution is 2.21. The molecule has 7 heteroatoms. The lowest BCUT2D eigenvalue weighted by Crippen LogP contribution is -2.41. The van der Waals surface area contributed by atoms with Gasteiger partial charge in [0.15, 0.2) is 0 Å². The molecular formula is C16H16N4O3. The number of H-pyrrole nitrogens is 2. The Kier molecular flexibility index (Phi) is 4.01. The van der Waals surface area contributed by atoms with Crippen molar-refractivity contribution in [2.45, 2.75) is 6.92 Å². The molecule has 0 unspecified atom stereocenters. The van der Waals surface area contributed by atoms with Gasteiger partial charge in [0.1, 0.15) is 17.1 Å². The van der Waals surface area contributed by atoms with Crippen molar-refractivity contribution in [2.24, 2.45) is 0 Å². The largest absolute Gasteiger partial charge is 0.494 e. The summed E-state index contributed by atoms with van der Waals surface area (Å²) < 4.78 is 5.42. The Hall–Kier alpha value is -3.22. The van der Waals surface area contributed by atoms with Crippen LogP contribution in [0.4, 0.5) is 0 Å². The third-order valence-electron chi connectivity index (χ3n) is 3.28. The number of benzene rings is 1. The molecule has 0 saturated heterocycles. The lowest BCUT2D eigenvalue weighted by atomic mass is 10.2. The molecule has 3 aromatic rings. The Morgan fingerprint density at radius 1 is 1.09 bits per heavy atom. The molecule has 0 aliphatic heterocycles. The van der Waals surface area contributed by atoms with Gasteiger partial charge in [0.05, 0.1) is 6.61 Å². The van der Waals surface area contributed by atoms with E-state index >= 15 is 0 Å². The molecule has 0 spiro atoms. The minimum absolute atomic E-state index is 0.348. The van der Waals surface area contributed by atoms with Crippen molar-refractivity contribution in [3.8, 4) is 5.75 Å². The maximum Gasteiger partial charge on any atom is 0.286 e. The first-order chi connectivity index (χ1) is 11.2. The van der Waals surface area contributed by atoms with E-state index in [1.54, 1.807) is 24.4 Å². The molecule has 3 rings (SSSR count). The van der Waals surface area contributed by atoms with Crippen molar-refractivity contribution < 1.29 is 14.3 Å². The Morgan fingerprint density at radius 2 is 1.87 bits per heavy atom. The van der Waals surface area contributed by atoms with E-state index in [0.29, 0.717) is 18.0 Å². The molecule has 0 radical (unpaired) electrons. The molecule has 0 aliphatic rings. The number of hydrogen-bond acceptors (Lipinski definition) is 3. The van der Waals surface area contributed by atoms with Crippen molar-refractivity contribution in [1.82, 2.24) is 20.8 Å². The number of aromatic amines is 2. The molecule has 7 nitrogen and oxygen atoms in total. The van der Waals surface area contributed by atoms with Gasteiger partial charge in [-0.2, -0.15) is 0 Å². The van der Waals surface area contributed by atoms with Crippen LogP contribution in [0.25, 0.3) is 10.9 Å². The standard InChI is InChI=1S/C16H16N4O3/c1-2-23-11-6-5-10-8-14(18-13(10)9-11)16(22)20-19-15(21)12-4-3-7-17-12/h3-9,17-18H,2H2,1H3,(H,19,21)(H,20,22). The number of rotatable bonds is 4. The Bertz CT molecular complexity index is 836. The van der Waals surface area contributed by atoms with Gasteiger partial charge in [-0.05, 0) is 37.3 Å². The third kappa shape index (κ3) is 3.18. The SMILES string of the molecule is CCOc1ccc2cc(C(=O)NNC(=O)c3ccc[nH]3)[nH]c2c1. The fraction of sp³-hybridized carbons (Fsp3) is 0.125. The quantitative estimate of drug-likeness (QED) is 0.554. The lowest BCUT2D eigenvalue weighted by Gasteiger charge is -2.04. The highest BCUT2D eigenvalue weighted by Gasteiger charge is 2.12. The first-order valence-electron chi connectivity index (χ1n) is 7.17. The van der Waals surface area contributed by atoms with Gasteiger partial charge >= 0.3 is 0 Å². The molecule has 2 aromatic heterocycles. The van der Waals surface area contributed by atoms with E-state index in [0.717, 1.165) is 16.7 Å². The van der Waals surface area contributed by atoms with Crippen molar-refractivity contribution >= 4 is 22.7 Å². The summed E-state index contributed by atoms with van der Waals surface area (Å²) in [5.74, 6) is -0.119. The van der Waals surface area contributed by atoms with E-state index in [2.05, 4.69) is 20.8 Å². The maximum atomic E-state index is 12.1. The summed E-state index contributed by atoms with van der Waals surface area (Å²) in [6.07, 6.45) is 1.63. The zero-order valence-electron chi connectivity index (χ0n) is 12.5. The topological polar surface area (TPSA) is 99.0 Å². The summed E-state index contributed by atoms with van der Waals surface area (Å²) >= 11 is 0. The van der Waals surface area contributed by atoms with Gasteiger partial charge in [-0.3, -0.25) is 20.4 Å². The molecule has 0 fully saturated rings. The summed E-state index contributed by atoms with van der Waals surface area (Å²) in [4.78, 5) is 29.6. The molecule has 4 N–H and O–H groups in total. The fourth-order valence-corrected chi connectivity index (χ4v) is 2.20. The molecule has 2 amide bonds. The van der Waals surface area contributed by atoms with E-state index < -0.39 is 11.8 Å². The van der Waals surface area contributed by atoms with Crippen LogP contribution in [0.15, 0.2) is 42.6 Å². The molecule has 2 heterocycles. The van der Waals surface area contributed by atoms with Crippen LogP contribution in [0, 0.1) is 0 Å². The predicted octanol–water partition coefficient (Wildman–Crippen LogP) is 1.97. The van der Waals surface area contributed by atoms with Gasteiger partial charge < -0.3 is 14.7 Å². The molecule has 0 atom stereocenters. The molecule has 0 aliphatic carbocycles. The van der Waals surface area contributed by atoms with Gasteiger partial charge in [-0.25, -0.2) is 0 Å². The lowest BCUT2D eigenvalue weighted by molar-refractivity contribution is 0.0842. The second-order valence-electron chi connectivity index (χ2n) is 4.86. The summed E-state index contributed by atoms with van der Waals surface area (Å²) in [6, 6.07) is 10.6. The predicted molar refractivity (Wildman–Crippen MR) is 85.2 cm³/mol. The molecule has 0 bridgehead atoms. The summed E-state index contributed by atoms with van der Waals surface area (Å²) in [5, 5.41) is 0.884. The van der Waals surface area contributed by atoms with Gasteiger partial charge in [-0.1, -0.05) is 0 Å². The average molecular weight is 312 g/mol. The zero-order valence-corrected chi connectivity index (χ0v) is 12.5. The number of hydrazine groups is 1. The Balaban J connectivity index is 1.69. The van der Waals surface area contributed by atoms with Gasteiger partial charge in [0.2, 0.25) is 0 Å². The Labute approximate surface area is 132 Å². The number of aromatic nitrogens is 2. The van der Waals surface area contributed by atoms with Crippen LogP contribution in [0.1, 0.15) is 27.9 Å². The Morgan fingerprint density at radius 3 is 2.57 bits per heavy atom. The summed E-state index contributed by atoms with van der Waals surface area (Å²) in [5.41, 5.74) is 6.21. The van der Waals surface area contributed by atoms with Crippen LogP contribution in [-0.2, 0) is 0 Å². The fourth-order valence-electron chi connectivity index (χ4n) is 2.20. The second-order valence-corrected chi connectivity index (χ2v) is 4.86. The van der Waals surface area contributed by atoms with E-state index in [1.807, 2.05) is 25.1 Å². The van der Waals surface area contributed by atoms with Crippen molar-refractivity contribution in [3.63, 3.8) is 0 Å². The van der Waals surface area contributed by atoms with E-state index in [-0.39, 0.29) is 0 Å². The number of amides is 2. The van der Waals surface area contributed by atoms with Crippen LogP contribution < -0.4 is 15.6 Å². The van der Waals surface area contributed by atoms with Crippen LogP contribution in [0.3, 0.4) is 0 Å². The smallest absolute Gasteiger partial charge is 0.286 e. The molecule has 1 aromatic carbocycles. The number of carbonyl (C=O) groups excluding carboxylic acids is 2. The van der Waals surface area contributed by atoms with Crippen LogP contribution in [0.5, 0.6) is 5.75 Å². The molecule has 118 valence electrons. The van der Waals surface area contributed by atoms with Crippen molar-refractivity contribution in [2.75, 3.05) is 6.61 Å². The first-order valence-corrected chi connectivity index (χ1v) is 7.17. The molecule has 23 heavy (non-hydrogen) atoms. The number of fused-ring (bicyclic) bond motifs is 1. The van der Waals surface area contributed by atoms with Crippen LogP contribution in [0.2, 0.25) is 0 Å². The number of nitrogens with one attached hydrogen (secondary N) is 4. The number of carbonyl (C=O) groups is 2. The van der Waals surface area contributed by atoms with Gasteiger partial charge in [-0.15, -0.1) is 0 Å². The minimum Gasteiger partial charge on any atom is -0.494 e. The molecular weight excluding hydrogens is 296 g/mol. The minimum atomic E-state index is -0.431. The van der Waals surface area contributed by atoms with Crippen LogP contribution >= 0.6 is 0 Å². The molecule has 0 saturated carbocycles. The highest BCUT2D eigenvalue weighted by molar-refractivity contribution is 6.00. The second kappa shape index (κ2) is 6.27. The maximum absolute atomic E-state index is 12.1. The monoisotopic (exact) mass is 312 g/mol. The summed E-state index contributed by atoms with van der Waals surface area (Å²) in [6.45, 7) is 2.48. The first kappa shape index (κ1) is 14.7. The van der Waals surface area contributed by atoms with Gasteiger partial charge in [0.25, 0.3) is 11.8 Å². The van der Waals surface area contributed by atoms with Crippen molar-refractivity contribution in [3.05, 3.63) is 54.0 Å². The van der Waals surface area contributed by atoms with E-state index in [9.17, 15) is 9.59 Å². The van der Waals surface area contributed by atoms with E-state index in [4.69, 9.17) is 4.74 Å². The average Bonchev–Trinajstić information content (AvgIpc) is 3.21. The number of ether oxygens (including phenoxy) is 1. The van der Waals surface area contributed by atoms with Crippen molar-refractivity contribution in [1.29, 1.82) is 0 Å². The summed E-state index contributed by atoms with van der Waals surface area (Å²) in [7, 11) is 0. The van der Waals surface area contributed by atoms with Crippen LogP contribution in [-0.4, -0.2) is 28.4 Å². The highest BCUT2D eigenvalue weighted by atomic mass is 16.5. The van der Waals surface area contributed by atoms with E-state index in [1.165, 1.54) is 0 Å². The zero-order chi connectivity index (χ0) is 16.2. The normalized spacial score (nSPS) is 10.5.